The number of hydrogen-bond acceptors (Lipinski definition) is 5. The Hall–Kier alpha value is -2.64. The van der Waals surface area contributed by atoms with Gasteiger partial charge >= 0.3 is 6.09 Å². The average molecular weight is 343 g/mol. The summed E-state index contributed by atoms with van der Waals surface area (Å²) in [5.74, 6) is -0.0615. The van der Waals surface area contributed by atoms with Crippen LogP contribution in [0.25, 0.3) is 11.0 Å². The quantitative estimate of drug-likeness (QED) is 0.843. The molecule has 0 bridgehead atoms. The van der Waals surface area contributed by atoms with E-state index in [0.717, 1.165) is 29.6 Å². The Balaban J connectivity index is 1.71. The highest BCUT2D eigenvalue weighted by Gasteiger charge is 2.45. The number of pyridine rings is 1. The number of carbonyl (C=O) groups is 2. The summed E-state index contributed by atoms with van der Waals surface area (Å²) in [6.45, 7) is 5.27. The molecule has 2 aliphatic rings. The number of amides is 2. The van der Waals surface area contributed by atoms with Crippen LogP contribution < -0.4 is 5.32 Å². The lowest BCUT2D eigenvalue weighted by atomic mass is 9.92. The number of fused-ring (bicyclic) bond motifs is 1. The van der Waals surface area contributed by atoms with Crippen molar-refractivity contribution in [1.82, 2.24) is 25.0 Å². The SMILES string of the molecule is Cc1cc(C(=O)N2CCCC3(CNC(=O)O3)C2)c2c(C)nn(C)c2n1. The second-order valence-electron chi connectivity index (χ2n) is 6.98. The maximum absolute atomic E-state index is 13.2. The predicted octanol–water partition coefficient (Wildman–Crippen LogP) is 1.30. The smallest absolute Gasteiger partial charge is 0.407 e. The van der Waals surface area contributed by atoms with Crippen molar-refractivity contribution in [2.45, 2.75) is 32.3 Å². The van der Waals surface area contributed by atoms with Crippen LogP contribution in [0.1, 0.15) is 34.6 Å². The first-order valence-electron chi connectivity index (χ1n) is 8.46. The van der Waals surface area contributed by atoms with Crippen LogP contribution in [0.4, 0.5) is 4.79 Å². The van der Waals surface area contributed by atoms with E-state index in [4.69, 9.17) is 4.74 Å². The minimum Gasteiger partial charge on any atom is -0.439 e. The van der Waals surface area contributed by atoms with Gasteiger partial charge in [0.15, 0.2) is 5.65 Å². The van der Waals surface area contributed by atoms with E-state index in [-0.39, 0.29) is 5.91 Å². The van der Waals surface area contributed by atoms with E-state index in [9.17, 15) is 9.59 Å². The number of nitrogens with one attached hydrogen (secondary N) is 1. The molecule has 2 amide bonds. The van der Waals surface area contributed by atoms with Gasteiger partial charge in [-0.1, -0.05) is 0 Å². The van der Waals surface area contributed by atoms with Crippen molar-refractivity contribution >= 4 is 23.0 Å². The van der Waals surface area contributed by atoms with Gasteiger partial charge in [-0.15, -0.1) is 0 Å². The van der Waals surface area contributed by atoms with Crippen LogP contribution in [-0.4, -0.2) is 56.9 Å². The van der Waals surface area contributed by atoms with Gasteiger partial charge < -0.3 is 15.0 Å². The molecule has 2 aromatic heterocycles. The molecular weight excluding hydrogens is 322 g/mol. The highest BCUT2D eigenvalue weighted by molar-refractivity contribution is 6.06. The second kappa shape index (κ2) is 5.44. The van der Waals surface area contributed by atoms with Crippen LogP contribution in [0.15, 0.2) is 6.07 Å². The maximum atomic E-state index is 13.2. The van der Waals surface area contributed by atoms with Crippen molar-refractivity contribution in [2.75, 3.05) is 19.6 Å². The molecule has 2 aromatic rings. The van der Waals surface area contributed by atoms with Crippen molar-refractivity contribution < 1.29 is 14.3 Å². The predicted molar refractivity (Wildman–Crippen MR) is 90.3 cm³/mol. The number of piperidine rings is 1. The molecule has 132 valence electrons. The van der Waals surface area contributed by atoms with Gasteiger partial charge in [-0.2, -0.15) is 5.10 Å². The van der Waals surface area contributed by atoms with E-state index < -0.39 is 11.7 Å². The third kappa shape index (κ3) is 2.52. The molecule has 8 nitrogen and oxygen atoms in total. The van der Waals surface area contributed by atoms with Crippen LogP contribution in [0.2, 0.25) is 0 Å². The van der Waals surface area contributed by atoms with Gasteiger partial charge in [0.05, 0.1) is 29.7 Å². The lowest BCUT2D eigenvalue weighted by molar-refractivity contribution is -0.00497. The third-order valence-corrected chi connectivity index (χ3v) is 5.02. The van der Waals surface area contributed by atoms with Gasteiger partial charge in [0.2, 0.25) is 0 Å². The monoisotopic (exact) mass is 343 g/mol. The zero-order valence-electron chi connectivity index (χ0n) is 14.6. The van der Waals surface area contributed by atoms with Crippen molar-refractivity contribution in [2.24, 2.45) is 7.05 Å². The number of alkyl carbamates (subject to hydrolysis) is 1. The molecule has 1 unspecified atom stereocenters. The normalized spacial score (nSPS) is 23.2. The third-order valence-electron chi connectivity index (χ3n) is 5.02. The standard InChI is InChI=1S/C17H21N5O3/c1-10-7-12(13-11(2)20-21(3)14(13)19-10)15(23)22-6-4-5-17(9-22)8-18-16(24)25-17/h7H,4-6,8-9H2,1-3H3,(H,18,24). The summed E-state index contributed by atoms with van der Waals surface area (Å²) < 4.78 is 7.18. The first-order valence-corrected chi connectivity index (χ1v) is 8.46. The number of ether oxygens (including phenoxy) is 1. The largest absolute Gasteiger partial charge is 0.439 e. The van der Waals surface area contributed by atoms with Crippen LogP contribution in [0.5, 0.6) is 0 Å². The van der Waals surface area contributed by atoms with Gasteiger partial charge in [-0.05, 0) is 32.8 Å². The van der Waals surface area contributed by atoms with Gasteiger partial charge in [0.1, 0.15) is 5.60 Å². The molecular formula is C17H21N5O3. The zero-order chi connectivity index (χ0) is 17.8. The number of aryl methyl sites for hydroxylation is 3. The van der Waals surface area contributed by atoms with E-state index in [1.165, 1.54) is 0 Å². The molecule has 2 aliphatic heterocycles. The molecule has 25 heavy (non-hydrogen) atoms. The Kier molecular flexibility index (Phi) is 3.45. The Labute approximate surface area is 145 Å². The molecule has 2 fully saturated rings. The summed E-state index contributed by atoms with van der Waals surface area (Å²) in [6.07, 6.45) is 1.17. The Morgan fingerprint density at radius 2 is 2.20 bits per heavy atom. The lowest BCUT2D eigenvalue weighted by Gasteiger charge is -2.38. The Morgan fingerprint density at radius 3 is 2.92 bits per heavy atom. The van der Waals surface area contributed by atoms with E-state index in [1.807, 2.05) is 27.0 Å². The lowest BCUT2D eigenvalue weighted by Crippen LogP contribution is -2.52. The molecule has 4 heterocycles. The van der Waals surface area contributed by atoms with Gasteiger partial charge in [-0.3, -0.25) is 9.48 Å². The number of aromatic nitrogens is 3. The maximum Gasteiger partial charge on any atom is 0.407 e. The molecule has 4 rings (SSSR count). The van der Waals surface area contributed by atoms with Crippen LogP contribution in [0, 0.1) is 13.8 Å². The second-order valence-corrected chi connectivity index (χ2v) is 6.98. The highest BCUT2D eigenvalue weighted by Crippen LogP contribution is 2.30. The molecule has 8 heteroatoms. The van der Waals surface area contributed by atoms with Crippen molar-refractivity contribution in [3.63, 3.8) is 0 Å². The summed E-state index contributed by atoms with van der Waals surface area (Å²) in [5.41, 5.74) is 2.29. The topological polar surface area (TPSA) is 89.4 Å². The summed E-state index contributed by atoms with van der Waals surface area (Å²) >= 11 is 0. The average Bonchev–Trinajstić information content (AvgIpc) is 3.06. The first kappa shape index (κ1) is 15.9. The number of rotatable bonds is 1. The fraction of sp³-hybridized carbons (Fsp3) is 0.529. The minimum absolute atomic E-state index is 0.0615. The first-order chi connectivity index (χ1) is 11.9. The van der Waals surface area contributed by atoms with E-state index in [1.54, 1.807) is 9.58 Å². The summed E-state index contributed by atoms with van der Waals surface area (Å²) in [4.78, 5) is 31.0. The van der Waals surface area contributed by atoms with E-state index >= 15 is 0 Å². The molecule has 0 aromatic carbocycles. The molecule has 1 N–H and O–H groups in total. The van der Waals surface area contributed by atoms with Crippen LogP contribution in [0.3, 0.4) is 0 Å². The number of carbonyl (C=O) groups excluding carboxylic acids is 2. The van der Waals surface area contributed by atoms with Crippen LogP contribution >= 0.6 is 0 Å². The van der Waals surface area contributed by atoms with Crippen LogP contribution in [-0.2, 0) is 11.8 Å². The summed E-state index contributed by atoms with van der Waals surface area (Å²) in [6, 6.07) is 1.82. The Morgan fingerprint density at radius 1 is 1.40 bits per heavy atom. The Bertz CT molecular complexity index is 890. The van der Waals surface area contributed by atoms with Gasteiger partial charge in [0, 0.05) is 19.3 Å². The molecule has 2 saturated heterocycles. The molecule has 1 spiro atoms. The molecule has 0 saturated carbocycles. The molecule has 1 atom stereocenters. The van der Waals surface area contributed by atoms with E-state index in [2.05, 4.69) is 15.4 Å². The van der Waals surface area contributed by atoms with Gasteiger partial charge in [-0.25, -0.2) is 9.78 Å². The minimum atomic E-state index is -0.601. The van der Waals surface area contributed by atoms with Crippen molar-refractivity contribution in [3.05, 3.63) is 23.0 Å². The number of nitrogens with zero attached hydrogens (tertiary/aromatic N) is 4. The molecule has 0 aliphatic carbocycles. The fourth-order valence-electron chi connectivity index (χ4n) is 3.91. The summed E-state index contributed by atoms with van der Waals surface area (Å²) in [5, 5.41) is 7.90. The van der Waals surface area contributed by atoms with Gasteiger partial charge in [0.25, 0.3) is 5.91 Å². The van der Waals surface area contributed by atoms with Crippen molar-refractivity contribution in [3.8, 4) is 0 Å². The summed E-state index contributed by atoms with van der Waals surface area (Å²) in [7, 11) is 1.83. The van der Waals surface area contributed by atoms with Crippen molar-refractivity contribution in [1.29, 1.82) is 0 Å². The fourth-order valence-corrected chi connectivity index (χ4v) is 3.91. The van der Waals surface area contributed by atoms with E-state index in [0.29, 0.717) is 30.8 Å². The molecule has 0 radical (unpaired) electrons. The number of likely N-dealkylation sites (tertiary alicyclic amines) is 1. The zero-order valence-corrected chi connectivity index (χ0v) is 14.6. The highest BCUT2D eigenvalue weighted by atomic mass is 16.6. The number of hydrogen-bond donors (Lipinski definition) is 1.